The third kappa shape index (κ3) is 7.28. The van der Waals surface area contributed by atoms with Gasteiger partial charge in [-0.25, -0.2) is 0 Å². The quantitative estimate of drug-likeness (QED) is 0.486. The number of carbonyl (C=O) groups excluding carboxylic acids is 1. The Hall–Kier alpha value is -2.94. The van der Waals surface area contributed by atoms with Crippen LogP contribution in [0.15, 0.2) is 53.1 Å². The summed E-state index contributed by atoms with van der Waals surface area (Å²) in [6.07, 6.45) is 0.634. The maximum Gasteiger partial charge on any atom is 0.227 e. The van der Waals surface area contributed by atoms with Gasteiger partial charge in [-0.15, -0.1) is 0 Å². The van der Waals surface area contributed by atoms with E-state index in [-0.39, 0.29) is 12.3 Å². The van der Waals surface area contributed by atoms with Gasteiger partial charge in [-0.1, -0.05) is 28.9 Å². The molecule has 1 saturated heterocycles. The molecule has 0 aliphatic carbocycles. The van der Waals surface area contributed by atoms with Gasteiger partial charge in [0.25, 0.3) is 0 Å². The van der Waals surface area contributed by atoms with Crippen LogP contribution in [-0.4, -0.2) is 60.4 Å². The second kappa shape index (κ2) is 11.8. The lowest BCUT2D eigenvalue weighted by molar-refractivity contribution is -0.121. The van der Waals surface area contributed by atoms with E-state index in [0.717, 1.165) is 49.7 Å². The Bertz CT molecular complexity index is 1030. The highest BCUT2D eigenvalue weighted by Crippen LogP contribution is 2.19. The number of ether oxygens (including phenoxy) is 2. The average molecular weight is 471 g/mol. The largest absolute Gasteiger partial charge is 0.492 e. The van der Waals surface area contributed by atoms with E-state index in [1.165, 1.54) is 0 Å². The second-order valence-corrected chi connectivity index (χ2v) is 8.18. The third-order valence-electron chi connectivity index (χ3n) is 5.30. The predicted molar refractivity (Wildman–Crippen MR) is 124 cm³/mol. The normalized spacial score (nSPS) is 14.2. The third-order valence-corrected chi connectivity index (χ3v) is 5.56. The SMILES string of the molecule is O=C(CCc1nc(-c2ccc(Cl)cc2)no1)NCc1cccc(OCCN2CCOCC2)c1. The first-order valence-electron chi connectivity index (χ1n) is 11.0. The number of nitrogens with zero attached hydrogens (tertiary/aromatic N) is 3. The number of benzene rings is 2. The Morgan fingerprint density at radius 1 is 1.15 bits per heavy atom. The van der Waals surface area contributed by atoms with Crippen molar-refractivity contribution in [2.45, 2.75) is 19.4 Å². The van der Waals surface area contributed by atoms with E-state index in [1.807, 2.05) is 36.4 Å². The van der Waals surface area contributed by atoms with Crippen molar-refractivity contribution < 1.29 is 18.8 Å². The predicted octanol–water partition coefficient (Wildman–Crippen LogP) is 3.35. The fourth-order valence-electron chi connectivity index (χ4n) is 3.44. The number of nitrogens with one attached hydrogen (secondary N) is 1. The molecule has 1 aliphatic heterocycles. The minimum absolute atomic E-state index is 0.0834. The zero-order valence-electron chi connectivity index (χ0n) is 18.3. The summed E-state index contributed by atoms with van der Waals surface area (Å²) in [5.74, 6) is 1.62. The van der Waals surface area contributed by atoms with Crippen LogP contribution in [0.5, 0.6) is 5.75 Å². The van der Waals surface area contributed by atoms with Gasteiger partial charge >= 0.3 is 0 Å². The molecule has 4 rings (SSSR count). The Kier molecular flexibility index (Phi) is 8.30. The van der Waals surface area contributed by atoms with E-state index >= 15 is 0 Å². The molecule has 0 bridgehead atoms. The first kappa shape index (κ1) is 23.2. The molecule has 1 N–H and O–H groups in total. The van der Waals surface area contributed by atoms with Crippen LogP contribution in [0.4, 0.5) is 0 Å². The molecule has 174 valence electrons. The molecule has 0 radical (unpaired) electrons. The lowest BCUT2D eigenvalue weighted by atomic mass is 10.2. The van der Waals surface area contributed by atoms with Gasteiger partial charge in [-0.2, -0.15) is 4.98 Å². The monoisotopic (exact) mass is 470 g/mol. The van der Waals surface area contributed by atoms with Crippen molar-refractivity contribution in [3.8, 4) is 17.1 Å². The van der Waals surface area contributed by atoms with Gasteiger partial charge in [-0.3, -0.25) is 9.69 Å². The van der Waals surface area contributed by atoms with Crippen molar-refractivity contribution in [1.82, 2.24) is 20.4 Å². The molecule has 9 heteroatoms. The summed E-state index contributed by atoms with van der Waals surface area (Å²) in [5.41, 5.74) is 1.79. The number of aromatic nitrogens is 2. The Morgan fingerprint density at radius 3 is 2.79 bits per heavy atom. The van der Waals surface area contributed by atoms with E-state index in [9.17, 15) is 4.79 Å². The van der Waals surface area contributed by atoms with E-state index in [2.05, 4.69) is 20.4 Å². The molecular formula is C24H27ClN4O4. The zero-order chi connectivity index (χ0) is 22.9. The topological polar surface area (TPSA) is 89.7 Å². The van der Waals surface area contributed by atoms with Crippen molar-refractivity contribution in [3.05, 3.63) is 65.0 Å². The summed E-state index contributed by atoms with van der Waals surface area (Å²) in [6.45, 7) is 5.39. The van der Waals surface area contributed by atoms with E-state index in [4.69, 9.17) is 25.6 Å². The van der Waals surface area contributed by atoms with Crippen LogP contribution in [0.3, 0.4) is 0 Å². The summed E-state index contributed by atoms with van der Waals surface area (Å²) >= 11 is 5.90. The van der Waals surface area contributed by atoms with E-state index < -0.39 is 0 Å². The Morgan fingerprint density at radius 2 is 1.97 bits per heavy atom. The zero-order valence-corrected chi connectivity index (χ0v) is 19.1. The van der Waals surface area contributed by atoms with Gasteiger partial charge < -0.3 is 19.3 Å². The van der Waals surface area contributed by atoms with E-state index in [0.29, 0.717) is 36.3 Å². The van der Waals surface area contributed by atoms with Crippen molar-refractivity contribution >= 4 is 17.5 Å². The maximum atomic E-state index is 12.3. The van der Waals surface area contributed by atoms with Crippen molar-refractivity contribution in [3.63, 3.8) is 0 Å². The molecule has 2 aromatic carbocycles. The molecule has 0 saturated carbocycles. The van der Waals surface area contributed by atoms with Crippen LogP contribution < -0.4 is 10.1 Å². The number of hydrogen-bond donors (Lipinski definition) is 1. The number of halogens is 1. The lowest BCUT2D eigenvalue weighted by Crippen LogP contribution is -2.38. The standard InChI is InChI=1S/C24H27ClN4O4/c25-20-6-4-19(5-7-20)24-27-23(33-28-24)9-8-22(30)26-17-18-2-1-3-21(16-18)32-15-12-29-10-13-31-14-11-29/h1-7,16H,8-15,17H2,(H,26,30). The van der Waals surface area contributed by atoms with Gasteiger partial charge in [0.05, 0.1) is 13.2 Å². The van der Waals surface area contributed by atoms with Crippen LogP contribution in [0, 0.1) is 0 Å². The van der Waals surface area contributed by atoms with Gasteiger partial charge in [-0.05, 0) is 42.0 Å². The minimum Gasteiger partial charge on any atom is -0.492 e. The highest BCUT2D eigenvalue weighted by atomic mass is 35.5. The van der Waals surface area contributed by atoms with Crippen LogP contribution in [0.25, 0.3) is 11.4 Å². The Balaban J connectivity index is 1.18. The molecule has 33 heavy (non-hydrogen) atoms. The maximum absolute atomic E-state index is 12.3. The molecule has 1 aromatic heterocycles. The van der Waals surface area contributed by atoms with Crippen LogP contribution in [0.2, 0.25) is 5.02 Å². The molecule has 2 heterocycles. The summed E-state index contributed by atoms with van der Waals surface area (Å²) in [7, 11) is 0. The van der Waals surface area contributed by atoms with Crippen LogP contribution >= 0.6 is 11.6 Å². The highest BCUT2D eigenvalue weighted by molar-refractivity contribution is 6.30. The van der Waals surface area contributed by atoms with Crippen molar-refractivity contribution in [2.75, 3.05) is 39.5 Å². The smallest absolute Gasteiger partial charge is 0.227 e. The summed E-state index contributed by atoms with van der Waals surface area (Å²) < 4.78 is 16.5. The number of aryl methyl sites for hydroxylation is 1. The fourth-order valence-corrected chi connectivity index (χ4v) is 3.57. The lowest BCUT2D eigenvalue weighted by Gasteiger charge is -2.26. The Labute approximate surface area is 197 Å². The molecule has 0 spiro atoms. The van der Waals surface area contributed by atoms with Gasteiger partial charge in [0, 0.05) is 49.6 Å². The summed E-state index contributed by atoms with van der Waals surface area (Å²) in [5, 5.41) is 7.54. The highest BCUT2D eigenvalue weighted by Gasteiger charge is 2.12. The first-order valence-corrected chi connectivity index (χ1v) is 11.4. The van der Waals surface area contributed by atoms with Crippen LogP contribution in [0.1, 0.15) is 17.9 Å². The van der Waals surface area contributed by atoms with Gasteiger partial charge in [0.2, 0.25) is 17.6 Å². The second-order valence-electron chi connectivity index (χ2n) is 7.75. The van der Waals surface area contributed by atoms with Crippen molar-refractivity contribution in [1.29, 1.82) is 0 Å². The number of morpholine rings is 1. The molecule has 1 amide bonds. The number of carbonyl (C=O) groups is 1. The molecule has 3 aromatic rings. The van der Waals surface area contributed by atoms with Gasteiger partial charge in [0.15, 0.2) is 0 Å². The number of amides is 1. The number of rotatable bonds is 10. The van der Waals surface area contributed by atoms with Crippen molar-refractivity contribution in [2.24, 2.45) is 0 Å². The van der Waals surface area contributed by atoms with Crippen LogP contribution in [-0.2, 0) is 22.5 Å². The molecule has 1 aliphatic rings. The molecular weight excluding hydrogens is 444 g/mol. The first-order chi connectivity index (χ1) is 16.2. The minimum atomic E-state index is -0.0834. The molecule has 1 fully saturated rings. The molecule has 0 unspecified atom stereocenters. The average Bonchev–Trinajstić information content (AvgIpc) is 3.32. The number of hydrogen-bond acceptors (Lipinski definition) is 7. The van der Waals surface area contributed by atoms with Gasteiger partial charge in [0.1, 0.15) is 12.4 Å². The van der Waals surface area contributed by atoms with E-state index in [1.54, 1.807) is 12.1 Å². The fraction of sp³-hybridized carbons (Fsp3) is 0.375. The molecule has 8 nitrogen and oxygen atoms in total. The summed E-state index contributed by atoms with van der Waals surface area (Å²) in [6, 6.07) is 15.0. The summed E-state index contributed by atoms with van der Waals surface area (Å²) in [4.78, 5) is 18.9. The molecule has 0 atom stereocenters.